The minimum atomic E-state index is -0.549. The second kappa shape index (κ2) is 11.7. The summed E-state index contributed by atoms with van der Waals surface area (Å²) in [5.74, 6) is -1.18. The van der Waals surface area contributed by atoms with Crippen LogP contribution >= 0.6 is 0 Å². The minimum absolute atomic E-state index is 0.00498. The van der Waals surface area contributed by atoms with E-state index in [0.717, 1.165) is 25.7 Å². The summed E-state index contributed by atoms with van der Waals surface area (Å²) in [5, 5.41) is 5.66. The van der Waals surface area contributed by atoms with E-state index in [0.29, 0.717) is 23.3 Å². The Morgan fingerprint density at radius 1 is 1.10 bits per heavy atom. The van der Waals surface area contributed by atoms with Crippen molar-refractivity contribution in [2.45, 2.75) is 52.5 Å². The monoisotopic (exact) mass is 547 g/mol. The molecule has 1 aromatic heterocycles. The first kappa shape index (κ1) is 28.5. The molecule has 2 aromatic carbocycles. The van der Waals surface area contributed by atoms with E-state index >= 15 is 0 Å². The van der Waals surface area contributed by atoms with Crippen molar-refractivity contribution in [2.24, 2.45) is 7.05 Å². The molecule has 1 aliphatic rings. The van der Waals surface area contributed by atoms with Crippen LogP contribution in [0, 0.1) is 19.7 Å². The minimum Gasteiger partial charge on any atom is -0.339 e. The van der Waals surface area contributed by atoms with Gasteiger partial charge in [-0.25, -0.2) is 4.39 Å². The Balaban J connectivity index is 1.98. The van der Waals surface area contributed by atoms with Gasteiger partial charge in [0.15, 0.2) is 0 Å². The number of hydrogen-bond acceptors (Lipinski definition) is 5. The summed E-state index contributed by atoms with van der Waals surface area (Å²) < 4.78 is 16.2. The largest absolute Gasteiger partial charge is 0.339 e. The SMILES string of the molecule is CC(=O)Nc1cccc(N(C=O)c2c(C(=O)N(C)C3CCCC3)c(Nc3ccc(C)cc3F)n(C)c(=O)c2C)c1. The molecule has 1 aliphatic carbocycles. The van der Waals surface area contributed by atoms with Crippen LogP contribution in [0.4, 0.5) is 33.0 Å². The lowest BCUT2D eigenvalue weighted by atomic mass is 10.0. The van der Waals surface area contributed by atoms with Crippen molar-refractivity contribution >= 4 is 46.8 Å². The molecule has 1 heterocycles. The first-order chi connectivity index (χ1) is 19.0. The summed E-state index contributed by atoms with van der Waals surface area (Å²) in [6.07, 6.45) is 4.20. The zero-order valence-corrected chi connectivity index (χ0v) is 23.4. The summed E-state index contributed by atoms with van der Waals surface area (Å²) in [6.45, 7) is 4.68. The van der Waals surface area contributed by atoms with Crippen molar-refractivity contribution in [3.05, 3.63) is 75.3 Å². The Hall–Kier alpha value is -4.47. The lowest BCUT2D eigenvalue weighted by molar-refractivity contribution is -0.114. The smallest absolute Gasteiger partial charge is 0.259 e. The lowest BCUT2D eigenvalue weighted by Gasteiger charge is -2.30. The fourth-order valence-electron chi connectivity index (χ4n) is 5.23. The van der Waals surface area contributed by atoms with Gasteiger partial charge in [0.05, 0.1) is 17.1 Å². The molecule has 9 nitrogen and oxygen atoms in total. The van der Waals surface area contributed by atoms with Crippen LogP contribution in [0.1, 0.15) is 54.1 Å². The standard InChI is InChI=1S/C30H34FN5O4/c1-18-13-14-25(24(31)15-18)33-28-26(30(40)34(4)22-10-6-7-11-22)27(19(2)29(39)35(28)5)36(17-37)23-12-8-9-21(16-23)32-20(3)38/h8-9,12-17,22,33H,6-7,10-11H2,1-5H3,(H,32,38). The van der Waals surface area contributed by atoms with Gasteiger partial charge in [-0.1, -0.05) is 25.0 Å². The summed E-state index contributed by atoms with van der Waals surface area (Å²) in [4.78, 5) is 55.0. The van der Waals surface area contributed by atoms with Gasteiger partial charge in [-0.15, -0.1) is 0 Å². The van der Waals surface area contributed by atoms with E-state index in [2.05, 4.69) is 10.6 Å². The summed E-state index contributed by atoms with van der Waals surface area (Å²) in [6, 6.07) is 11.1. The van der Waals surface area contributed by atoms with Crippen molar-refractivity contribution in [2.75, 3.05) is 22.6 Å². The third-order valence-corrected chi connectivity index (χ3v) is 7.36. The number of aromatic nitrogens is 1. The van der Waals surface area contributed by atoms with E-state index in [1.54, 1.807) is 56.1 Å². The molecular formula is C30H34FN5O4. The highest BCUT2D eigenvalue weighted by Gasteiger charge is 2.33. The molecule has 40 heavy (non-hydrogen) atoms. The highest BCUT2D eigenvalue weighted by atomic mass is 19.1. The van der Waals surface area contributed by atoms with Crippen molar-refractivity contribution in [1.82, 2.24) is 9.47 Å². The highest BCUT2D eigenvalue weighted by molar-refractivity contribution is 6.09. The van der Waals surface area contributed by atoms with Crippen LogP contribution in [-0.4, -0.2) is 40.8 Å². The quantitative estimate of drug-likeness (QED) is 0.380. The van der Waals surface area contributed by atoms with Crippen LogP contribution in [0.3, 0.4) is 0 Å². The van der Waals surface area contributed by atoms with Crippen LogP contribution in [0.2, 0.25) is 0 Å². The van der Waals surface area contributed by atoms with E-state index in [1.807, 2.05) is 0 Å². The molecule has 4 rings (SSSR count). The number of pyridine rings is 1. The number of halogens is 1. The Labute approximate surface area is 232 Å². The normalized spacial score (nSPS) is 13.2. The number of nitrogens with zero attached hydrogens (tertiary/aromatic N) is 3. The topological polar surface area (TPSA) is 104 Å². The Morgan fingerprint density at radius 3 is 2.42 bits per heavy atom. The number of carbonyl (C=O) groups excluding carboxylic acids is 3. The molecule has 2 N–H and O–H groups in total. The number of hydrogen-bond donors (Lipinski definition) is 2. The van der Waals surface area contributed by atoms with Gasteiger partial charge in [0.1, 0.15) is 17.2 Å². The van der Waals surface area contributed by atoms with E-state index in [9.17, 15) is 23.6 Å². The molecule has 0 unspecified atom stereocenters. The molecule has 0 aliphatic heterocycles. The number of benzene rings is 2. The average molecular weight is 548 g/mol. The zero-order valence-electron chi connectivity index (χ0n) is 23.4. The van der Waals surface area contributed by atoms with Gasteiger partial charge in [0.25, 0.3) is 11.5 Å². The number of carbonyl (C=O) groups is 3. The molecular weight excluding hydrogens is 513 g/mol. The Kier molecular flexibility index (Phi) is 8.37. The Morgan fingerprint density at radius 2 is 1.80 bits per heavy atom. The van der Waals surface area contributed by atoms with Gasteiger partial charge in [-0.2, -0.15) is 0 Å². The van der Waals surface area contributed by atoms with Crippen molar-refractivity contribution in [3.8, 4) is 0 Å². The van der Waals surface area contributed by atoms with Crippen LogP contribution in [0.25, 0.3) is 0 Å². The number of anilines is 5. The predicted octanol–water partition coefficient (Wildman–Crippen LogP) is 5.15. The van der Waals surface area contributed by atoms with Crippen molar-refractivity contribution in [3.63, 3.8) is 0 Å². The maximum absolute atomic E-state index is 15.0. The summed E-state index contributed by atoms with van der Waals surface area (Å²) in [7, 11) is 3.21. The third-order valence-electron chi connectivity index (χ3n) is 7.36. The average Bonchev–Trinajstić information content (AvgIpc) is 3.46. The summed E-state index contributed by atoms with van der Waals surface area (Å²) >= 11 is 0. The molecule has 210 valence electrons. The lowest BCUT2D eigenvalue weighted by Crippen LogP contribution is -2.38. The van der Waals surface area contributed by atoms with Gasteiger partial charge >= 0.3 is 0 Å². The first-order valence-electron chi connectivity index (χ1n) is 13.2. The van der Waals surface area contributed by atoms with Gasteiger partial charge in [-0.3, -0.25) is 28.6 Å². The third kappa shape index (κ3) is 5.61. The first-order valence-corrected chi connectivity index (χ1v) is 13.2. The molecule has 1 saturated carbocycles. The van der Waals surface area contributed by atoms with Crippen molar-refractivity contribution in [1.29, 1.82) is 0 Å². The maximum atomic E-state index is 15.0. The summed E-state index contributed by atoms with van der Waals surface area (Å²) in [5.41, 5.74) is 1.42. The molecule has 0 radical (unpaired) electrons. The van der Waals surface area contributed by atoms with E-state index in [1.165, 1.54) is 35.6 Å². The van der Waals surface area contributed by atoms with Gasteiger partial charge in [0, 0.05) is 38.3 Å². The second-order valence-electron chi connectivity index (χ2n) is 10.2. The van der Waals surface area contributed by atoms with E-state index < -0.39 is 17.3 Å². The highest BCUT2D eigenvalue weighted by Crippen LogP contribution is 2.37. The molecule has 3 amide bonds. The predicted molar refractivity (Wildman–Crippen MR) is 154 cm³/mol. The molecule has 0 saturated heterocycles. The van der Waals surface area contributed by atoms with E-state index in [4.69, 9.17) is 0 Å². The number of nitrogens with one attached hydrogen (secondary N) is 2. The van der Waals surface area contributed by atoms with Gasteiger partial charge < -0.3 is 15.5 Å². The molecule has 10 heteroatoms. The molecule has 1 fully saturated rings. The molecule has 0 atom stereocenters. The van der Waals surface area contributed by atoms with E-state index in [-0.39, 0.29) is 40.3 Å². The van der Waals surface area contributed by atoms with Crippen LogP contribution in [0.15, 0.2) is 47.3 Å². The molecule has 0 bridgehead atoms. The van der Waals surface area contributed by atoms with Crippen LogP contribution in [0.5, 0.6) is 0 Å². The van der Waals surface area contributed by atoms with Gasteiger partial charge in [0.2, 0.25) is 12.3 Å². The van der Waals surface area contributed by atoms with Crippen LogP contribution < -0.4 is 21.1 Å². The zero-order chi connectivity index (χ0) is 29.1. The number of amides is 3. The maximum Gasteiger partial charge on any atom is 0.259 e. The fourth-order valence-corrected chi connectivity index (χ4v) is 5.23. The Bertz CT molecular complexity index is 1530. The number of aryl methyl sites for hydroxylation is 1. The molecule has 3 aromatic rings. The van der Waals surface area contributed by atoms with Crippen molar-refractivity contribution < 1.29 is 18.8 Å². The second-order valence-corrected chi connectivity index (χ2v) is 10.2. The molecule has 0 spiro atoms. The van der Waals surface area contributed by atoms with Gasteiger partial charge in [-0.05, 0) is 62.6 Å². The number of rotatable bonds is 8. The van der Waals surface area contributed by atoms with Crippen LogP contribution in [-0.2, 0) is 16.6 Å². The fraction of sp³-hybridized carbons (Fsp3) is 0.333.